The van der Waals surface area contributed by atoms with Gasteiger partial charge in [-0.3, -0.25) is 18.3 Å². The molecule has 0 aliphatic carbocycles. The summed E-state index contributed by atoms with van der Waals surface area (Å²) in [6.07, 6.45) is 0. The van der Waals surface area contributed by atoms with Gasteiger partial charge < -0.3 is 59.6 Å². The van der Waals surface area contributed by atoms with Crippen molar-refractivity contribution in [3.05, 3.63) is 400 Å². The number of aromatic carboxylic acids is 4. The molecule has 52 heteroatoms. The van der Waals surface area contributed by atoms with Crippen LogP contribution in [0, 0.1) is 0 Å². The van der Waals surface area contributed by atoms with Gasteiger partial charge in [0, 0.05) is 84.1 Å². The first kappa shape index (κ1) is 113. The van der Waals surface area contributed by atoms with Crippen molar-refractivity contribution in [3.63, 3.8) is 0 Å². The number of halogens is 12. The van der Waals surface area contributed by atoms with Crippen molar-refractivity contribution in [1.82, 2.24) is 17.2 Å². The molecule has 744 valence electrons. The Morgan fingerprint density at radius 3 is 0.729 bits per heavy atom. The molecule has 12 aromatic carbocycles. The van der Waals surface area contributed by atoms with E-state index in [1.807, 2.05) is 0 Å². The fourth-order valence-corrected chi connectivity index (χ4v) is 21.5. The maximum absolute atomic E-state index is 14.0. The second kappa shape index (κ2) is 45.9. The summed E-state index contributed by atoms with van der Waals surface area (Å²) >= 11 is 21.0. The van der Waals surface area contributed by atoms with E-state index < -0.39 is 165 Å². The van der Waals surface area contributed by atoms with Gasteiger partial charge >= 0.3 is 76.9 Å². The molecule has 0 radical (unpaired) electrons. The molecule has 140 heavy (non-hydrogen) atoms. The van der Waals surface area contributed by atoms with Crippen molar-refractivity contribution in [3.8, 4) is 0 Å². The molecular weight excluding hydrogens is 2150 g/mol. The van der Waals surface area contributed by atoms with Crippen LogP contribution in [0.25, 0.3) is 0 Å². The van der Waals surface area contributed by atoms with Crippen LogP contribution in [0.15, 0.2) is 315 Å². The van der Waals surface area contributed by atoms with E-state index in [4.69, 9.17) is 89.3 Å². The zero-order valence-corrected chi connectivity index (χ0v) is 81.7. The maximum atomic E-state index is 14.0. The summed E-state index contributed by atoms with van der Waals surface area (Å²) in [5, 5.41) is 36.4. The van der Waals surface area contributed by atoms with Crippen molar-refractivity contribution in [2.24, 2.45) is 0 Å². The molecule has 12 rings (SSSR count). The van der Waals surface area contributed by atoms with E-state index in [1.54, 1.807) is 84.9 Å². The van der Waals surface area contributed by atoms with Crippen LogP contribution >= 0.6 is 81.1 Å². The van der Waals surface area contributed by atoms with Gasteiger partial charge in [0.2, 0.25) is 40.1 Å². The maximum Gasteiger partial charge on any atom is 0.399 e. The van der Waals surface area contributed by atoms with Gasteiger partial charge in [-0.1, -0.05) is 217 Å². The Hall–Kier alpha value is -10.5. The van der Waals surface area contributed by atoms with Gasteiger partial charge in [-0.05, 0) is 170 Å². The van der Waals surface area contributed by atoms with Gasteiger partial charge in [0.05, 0.1) is 51.9 Å². The first-order chi connectivity index (χ1) is 64.9. The Balaban J connectivity index is 0.000000210. The van der Waals surface area contributed by atoms with Crippen LogP contribution in [0.5, 0.6) is 0 Å². The predicted octanol–water partition coefficient (Wildman–Crippen LogP) is 18.7. The number of carboxylic acid groups (broad SMARTS) is 4. The lowest BCUT2D eigenvalue weighted by molar-refractivity contribution is 0.0564. The SMILES string of the molecule is O=C(O)c1ccc(CN(Cc2ccc(C(=O)O)c(Br)c2)S(=O)(=O)c2ccccc2)cc1.O=C(O)c1ccc(CN(Cc2ccc(C(=O)O)cc2)S(=O)(=O)c2ccccc2)cc1.O=P(O)(O)C(F)(F)c1ccc(CN(Cc2ccc(C(F)(F)P(=O)(O)O)cc2)S(=O)(=O)c2ccc(Cl)c(Cl)c2)cc1.O=P(O)(O)C(F)(F)c1ccc(CN(Cc2ccc(C(F)(F)P(=O)(O)O)cc2)S(=O)(=O)c2cccc(Cl)c2)cc1. The van der Waals surface area contributed by atoms with Gasteiger partial charge in [-0.2, -0.15) is 52.3 Å². The number of alkyl halides is 8. The van der Waals surface area contributed by atoms with E-state index >= 15 is 0 Å². The van der Waals surface area contributed by atoms with Crippen LogP contribution in [0.3, 0.4) is 0 Å². The fourth-order valence-electron chi connectivity index (χ4n) is 12.6. The lowest BCUT2D eigenvalue weighted by Gasteiger charge is -2.24. The number of benzene rings is 12. The van der Waals surface area contributed by atoms with E-state index in [0.29, 0.717) is 26.7 Å². The normalized spacial score (nSPS) is 12.6. The number of hydrogen-bond donors (Lipinski definition) is 12. The minimum Gasteiger partial charge on any atom is -0.478 e. The molecule has 0 aromatic heterocycles. The minimum atomic E-state index is -5.85. The largest absolute Gasteiger partial charge is 0.478 e. The highest BCUT2D eigenvalue weighted by molar-refractivity contribution is 9.10. The first-order valence-electron chi connectivity index (χ1n) is 39.3. The van der Waals surface area contributed by atoms with Crippen LogP contribution < -0.4 is 0 Å². The van der Waals surface area contributed by atoms with Crippen molar-refractivity contribution >= 4 is 145 Å². The average molecular weight is 2230 g/mol. The molecule has 32 nitrogen and oxygen atoms in total. The summed E-state index contributed by atoms with van der Waals surface area (Å²) in [5.41, 5.74) is -18.6. The molecule has 0 bridgehead atoms. The molecule has 0 amide bonds. The number of carbonyl (C=O) groups is 4. The van der Waals surface area contributed by atoms with E-state index in [2.05, 4.69) is 15.9 Å². The van der Waals surface area contributed by atoms with E-state index in [9.17, 15) is 111 Å². The van der Waals surface area contributed by atoms with Crippen LogP contribution in [-0.2, 0) is 133 Å². The van der Waals surface area contributed by atoms with Gasteiger partial charge in [0.25, 0.3) is 0 Å². The number of carboxylic acids is 4. The molecule has 0 saturated heterocycles. The van der Waals surface area contributed by atoms with E-state index in [1.165, 1.54) is 99.6 Å². The minimum absolute atomic E-state index is 0.00356. The summed E-state index contributed by atoms with van der Waals surface area (Å²) in [4.78, 5) is 115. The smallest absolute Gasteiger partial charge is 0.399 e. The zero-order valence-electron chi connectivity index (χ0n) is 71.0. The molecule has 12 aromatic rings. The van der Waals surface area contributed by atoms with Crippen molar-refractivity contribution in [1.29, 1.82) is 0 Å². The second-order valence-electron chi connectivity index (χ2n) is 30.0. The third kappa shape index (κ3) is 28.5. The number of hydrogen-bond acceptors (Lipinski definition) is 16. The molecule has 0 heterocycles. The Labute approximate surface area is 816 Å². The molecular formula is C88H76BrCl3F8N4O28P4S4. The van der Waals surface area contributed by atoms with Gasteiger partial charge in [-0.25, -0.2) is 52.8 Å². The van der Waals surface area contributed by atoms with Crippen LogP contribution in [-0.4, -0.2) is 134 Å². The third-order valence-corrected chi connectivity index (χ3v) is 32.9. The summed E-state index contributed by atoms with van der Waals surface area (Å²) in [7, 11) is -39.8. The van der Waals surface area contributed by atoms with Gasteiger partial charge in [-0.15, -0.1) is 0 Å². The van der Waals surface area contributed by atoms with Crippen LogP contribution in [0.4, 0.5) is 35.1 Å². The third-order valence-electron chi connectivity index (χ3n) is 20.1. The van der Waals surface area contributed by atoms with Gasteiger partial charge in [0.15, 0.2) is 0 Å². The van der Waals surface area contributed by atoms with Crippen molar-refractivity contribution in [2.75, 3.05) is 0 Å². The number of rotatable bonds is 36. The molecule has 12 N–H and O–H groups in total. The van der Waals surface area contributed by atoms with Gasteiger partial charge in [0.1, 0.15) is 0 Å². The molecule has 0 atom stereocenters. The quantitative estimate of drug-likeness (QED) is 0.0128. The van der Waals surface area contributed by atoms with Crippen LogP contribution in [0.2, 0.25) is 15.1 Å². The van der Waals surface area contributed by atoms with Crippen molar-refractivity contribution in [2.45, 2.75) is 94.6 Å². The number of sulfonamides is 4. The topological polar surface area (TPSA) is 529 Å². The second-order valence-corrected chi connectivity index (χ2v) is 46.5. The molecule has 0 aliphatic heterocycles. The molecule has 0 fully saturated rings. The molecule has 0 saturated carbocycles. The lowest BCUT2D eigenvalue weighted by Crippen LogP contribution is -2.30. The molecule has 0 aliphatic rings. The summed E-state index contributed by atoms with van der Waals surface area (Å²) in [6.45, 7) is -1.80. The summed E-state index contributed by atoms with van der Waals surface area (Å²) in [5.74, 6) is -4.28. The standard InChI is InChI=1S/C22H18BrNO6S.C22H19Cl2F4NO8P2S.C22H20ClF4NO8P2S.C22H19NO6S/c23-20-12-16(8-11-19(20)22(27)28)14-24(31(29,30)18-4-2-1-3-5-18)13-15-6-9-17(10-7-15)21(25)26;23-19-10-9-18(11-20(19)24)40(36,37)29(12-14-1-5-16(6-2-14)21(25,26)38(30,31)32)13-15-3-7-17(8-4-15)22(27,28)39(33,34)35;23-19-2-1-3-20(12-19)39(35,36)28(13-15-4-8-17(9-5-15)21(24,25)37(29,30)31)14-16-6-10-18(11-7-16)22(26,27)38(32,33)34;24-21(25)18-10-6-16(7-11-18)14-23(30(28,29)20-4-2-1-3-5-20)15-17-8-12-19(13-9-17)22(26)27/h1-12H,13-14H2,(H,25,26)(H,27,28);1-11H,12-13H2,(H2,30,31,32)(H2,33,34,35);1-12H,13-14H2,(H2,29,30,31)(H2,32,33,34);1-13H,14-15H2,(H,24,25)(H,26,27). The van der Waals surface area contributed by atoms with Crippen LogP contribution in [0.1, 0.15) is 108 Å². The molecule has 0 spiro atoms. The zero-order chi connectivity index (χ0) is 104. The number of nitrogens with zero attached hydrogens (tertiary/aromatic N) is 4. The average Bonchev–Trinajstić information content (AvgIpc) is 0.783. The Kier molecular flexibility index (Phi) is 37.1. The fraction of sp³-hybridized carbons (Fsp3) is 0.136. The Morgan fingerprint density at radius 1 is 0.271 bits per heavy atom. The highest BCUT2D eigenvalue weighted by Gasteiger charge is 2.53. The highest BCUT2D eigenvalue weighted by Crippen LogP contribution is 2.62. The van der Waals surface area contributed by atoms with Crippen molar-refractivity contribution < 1.29 is 166 Å². The first-order valence-corrected chi connectivity index (χ1v) is 53.4. The predicted molar refractivity (Wildman–Crippen MR) is 497 cm³/mol. The van der Waals surface area contributed by atoms with E-state index in [0.717, 1.165) is 124 Å². The molecule has 0 unspecified atom stereocenters. The Morgan fingerprint density at radius 2 is 0.500 bits per heavy atom. The summed E-state index contributed by atoms with van der Waals surface area (Å²) in [6, 6.07) is 61.2. The highest BCUT2D eigenvalue weighted by atomic mass is 79.9. The van der Waals surface area contributed by atoms with E-state index in [-0.39, 0.29) is 105 Å². The summed E-state index contributed by atoms with van der Waals surface area (Å²) < 4.78 is 268. The Bertz CT molecular complexity index is 7000. The monoisotopic (exact) mass is 2220 g/mol. The lowest BCUT2D eigenvalue weighted by atomic mass is 10.1.